The first kappa shape index (κ1) is 18.0. The summed E-state index contributed by atoms with van der Waals surface area (Å²) in [7, 11) is 1.63. The smallest absolute Gasteiger partial charge is 0.254 e. The van der Waals surface area contributed by atoms with Gasteiger partial charge in [-0.15, -0.1) is 0 Å². The van der Waals surface area contributed by atoms with Crippen molar-refractivity contribution in [3.8, 4) is 5.75 Å². The molecule has 0 spiro atoms. The van der Waals surface area contributed by atoms with Crippen molar-refractivity contribution in [2.45, 2.75) is 26.4 Å². The lowest BCUT2D eigenvalue weighted by molar-refractivity contribution is 0.0689. The van der Waals surface area contributed by atoms with E-state index in [1.807, 2.05) is 67.3 Å². The number of rotatable bonds is 8. The summed E-state index contributed by atoms with van der Waals surface area (Å²) < 4.78 is 10.6. The van der Waals surface area contributed by atoms with Crippen molar-refractivity contribution in [1.29, 1.82) is 0 Å². The molecule has 0 aromatic heterocycles. The Morgan fingerprint density at radius 2 is 1.79 bits per heavy atom. The highest BCUT2D eigenvalue weighted by Crippen LogP contribution is 2.18. The van der Waals surface area contributed by atoms with Crippen molar-refractivity contribution in [3.05, 3.63) is 65.7 Å². The third-order valence-electron chi connectivity index (χ3n) is 3.72. The standard InChI is InChI=1S/C20H25NO3/c1-16(2)21(15-17-8-5-4-6-9-17)20(22)18-10-7-11-19(14-18)24-13-12-23-3/h4-11,14,16H,12-13,15H2,1-3H3. The minimum atomic E-state index is 0.00560. The van der Waals surface area contributed by atoms with Crippen LogP contribution >= 0.6 is 0 Å². The molecule has 0 heterocycles. The topological polar surface area (TPSA) is 38.8 Å². The van der Waals surface area contributed by atoms with Crippen LogP contribution in [0.25, 0.3) is 0 Å². The lowest BCUT2D eigenvalue weighted by atomic mass is 10.1. The number of carbonyl (C=O) groups excluding carboxylic acids is 1. The summed E-state index contributed by atoms with van der Waals surface area (Å²) in [4.78, 5) is 14.8. The number of carbonyl (C=O) groups is 1. The second kappa shape index (κ2) is 9.08. The van der Waals surface area contributed by atoms with Crippen LogP contribution in [0.4, 0.5) is 0 Å². The molecule has 0 aliphatic carbocycles. The van der Waals surface area contributed by atoms with Gasteiger partial charge in [0, 0.05) is 25.3 Å². The number of amides is 1. The van der Waals surface area contributed by atoms with E-state index in [9.17, 15) is 4.79 Å². The molecule has 0 saturated carbocycles. The molecule has 2 aromatic rings. The Morgan fingerprint density at radius 1 is 1.04 bits per heavy atom. The molecular weight excluding hydrogens is 302 g/mol. The monoisotopic (exact) mass is 327 g/mol. The molecule has 2 rings (SSSR count). The van der Waals surface area contributed by atoms with Gasteiger partial charge in [-0.2, -0.15) is 0 Å². The van der Waals surface area contributed by atoms with Crippen molar-refractivity contribution in [2.24, 2.45) is 0 Å². The number of benzene rings is 2. The summed E-state index contributed by atoms with van der Waals surface area (Å²) >= 11 is 0. The van der Waals surface area contributed by atoms with E-state index in [0.717, 1.165) is 5.56 Å². The average Bonchev–Trinajstić information content (AvgIpc) is 2.60. The van der Waals surface area contributed by atoms with Crippen molar-refractivity contribution in [1.82, 2.24) is 4.90 Å². The summed E-state index contributed by atoms with van der Waals surface area (Å²) in [6.07, 6.45) is 0. The third kappa shape index (κ3) is 5.10. The first-order valence-electron chi connectivity index (χ1n) is 8.18. The SMILES string of the molecule is COCCOc1cccc(C(=O)N(Cc2ccccc2)C(C)C)c1. The second-order valence-electron chi connectivity index (χ2n) is 5.88. The highest BCUT2D eigenvalue weighted by atomic mass is 16.5. The molecule has 0 bridgehead atoms. The van der Waals surface area contributed by atoms with Crippen LogP contribution in [0.1, 0.15) is 29.8 Å². The van der Waals surface area contributed by atoms with Crippen molar-refractivity contribution in [3.63, 3.8) is 0 Å². The fourth-order valence-corrected chi connectivity index (χ4v) is 2.40. The van der Waals surface area contributed by atoms with Crippen molar-refractivity contribution < 1.29 is 14.3 Å². The quantitative estimate of drug-likeness (QED) is 0.693. The number of ether oxygens (including phenoxy) is 2. The van der Waals surface area contributed by atoms with Gasteiger partial charge in [0.1, 0.15) is 12.4 Å². The molecule has 4 nitrogen and oxygen atoms in total. The van der Waals surface area contributed by atoms with E-state index in [2.05, 4.69) is 0 Å². The number of hydrogen-bond donors (Lipinski definition) is 0. The normalized spacial score (nSPS) is 10.7. The highest BCUT2D eigenvalue weighted by Gasteiger charge is 2.19. The van der Waals surface area contributed by atoms with Gasteiger partial charge in [-0.1, -0.05) is 36.4 Å². The Bertz CT molecular complexity index is 640. The molecule has 0 N–H and O–H groups in total. The molecule has 4 heteroatoms. The highest BCUT2D eigenvalue weighted by molar-refractivity contribution is 5.94. The first-order valence-corrected chi connectivity index (χ1v) is 8.18. The molecule has 24 heavy (non-hydrogen) atoms. The lowest BCUT2D eigenvalue weighted by Gasteiger charge is -2.27. The zero-order valence-electron chi connectivity index (χ0n) is 14.6. The predicted octanol–water partition coefficient (Wildman–Crippen LogP) is 3.76. The van der Waals surface area contributed by atoms with Gasteiger partial charge in [0.25, 0.3) is 5.91 Å². The molecule has 0 fully saturated rings. The van der Waals surface area contributed by atoms with Crippen LogP contribution in [0, 0.1) is 0 Å². The Kier molecular flexibility index (Phi) is 6.82. The summed E-state index contributed by atoms with van der Waals surface area (Å²) in [5.41, 5.74) is 1.75. The Morgan fingerprint density at radius 3 is 2.46 bits per heavy atom. The summed E-state index contributed by atoms with van der Waals surface area (Å²) in [5.74, 6) is 0.687. The second-order valence-corrected chi connectivity index (χ2v) is 5.88. The fraction of sp³-hybridized carbons (Fsp3) is 0.350. The van der Waals surface area contributed by atoms with Crippen LogP contribution in [0.15, 0.2) is 54.6 Å². The molecular formula is C20H25NO3. The average molecular weight is 327 g/mol. The molecule has 0 aliphatic heterocycles. The van der Waals surface area contributed by atoms with E-state index in [1.54, 1.807) is 13.2 Å². The minimum Gasteiger partial charge on any atom is -0.491 e. The van der Waals surface area contributed by atoms with Crippen molar-refractivity contribution >= 4 is 5.91 Å². The van der Waals surface area contributed by atoms with E-state index in [4.69, 9.17) is 9.47 Å². The Labute approximate surface area is 144 Å². The van der Waals surface area contributed by atoms with E-state index >= 15 is 0 Å². The van der Waals surface area contributed by atoms with Crippen LogP contribution in [0.2, 0.25) is 0 Å². The molecule has 0 unspecified atom stereocenters. The maximum Gasteiger partial charge on any atom is 0.254 e. The molecule has 2 aromatic carbocycles. The van der Waals surface area contributed by atoms with Gasteiger partial charge in [0.15, 0.2) is 0 Å². The Hall–Kier alpha value is -2.33. The lowest BCUT2D eigenvalue weighted by Crippen LogP contribution is -2.36. The summed E-state index contributed by atoms with van der Waals surface area (Å²) in [5, 5.41) is 0. The van der Waals surface area contributed by atoms with Gasteiger partial charge in [0.05, 0.1) is 6.61 Å². The molecule has 0 radical (unpaired) electrons. The van der Waals surface area contributed by atoms with Crippen LogP contribution in [-0.2, 0) is 11.3 Å². The van der Waals surface area contributed by atoms with Crippen molar-refractivity contribution in [2.75, 3.05) is 20.3 Å². The van der Waals surface area contributed by atoms with Gasteiger partial charge < -0.3 is 14.4 Å². The van der Waals surface area contributed by atoms with Gasteiger partial charge in [-0.05, 0) is 37.6 Å². The molecule has 0 aliphatic rings. The molecule has 0 atom stereocenters. The van der Waals surface area contributed by atoms with E-state index in [-0.39, 0.29) is 11.9 Å². The predicted molar refractivity (Wildman–Crippen MR) is 95.3 cm³/mol. The Balaban J connectivity index is 2.13. The van der Waals surface area contributed by atoms with Gasteiger partial charge in [0.2, 0.25) is 0 Å². The van der Waals surface area contributed by atoms with Gasteiger partial charge >= 0.3 is 0 Å². The fourth-order valence-electron chi connectivity index (χ4n) is 2.40. The maximum absolute atomic E-state index is 12.9. The maximum atomic E-state index is 12.9. The van der Waals surface area contributed by atoms with Crippen LogP contribution < -0.4 is 4.74 Å². The van der Waals surface area contributed by atoms with E-state index in [0.29, 0.717) is 31.1 Å². The number of hydrogen-bond acceptors (Lipinski definition) is 3. The van der Waals surface area contributed by atoms with E-state index in [1.165, 1.54) is 0 Å². The number of nitrogens with zero attached hydrogens (tertiary/aromatic N) is 1. The first-order chi connectivity index (χ1) is 11.6. The molecule has 0 saturated heterocycles. The van der Waals surface area contributed by atoms with Gasteiger partial charge in [-0.25, -0.2) is 0 Å². The summed E-state index contributed by atoms with van der Waals surface area (Å²) in [6, 6.07) is 17.4. The van der Waals surface area contributed by atoms with E-state index < -0.39 is 0 Å². The van der Waals surface area contributed by atoms with Gasteiger partial charge in [-0.3, -0.25) is 4.79 Å². The molecule has 128 valence electrons. The minimum absolute atomic E-state index is 0.00560. The zero-order valence-corrected chi connectivity index (χ0v) is 14.6. The molecule has 1 amide bonds. The number of methoxy groups -OCH3 is 1. The largest absolute Gasteiger partial charge is 0.491 e. The van der Waals surface area contributed by atoms with Crippen LogP contribution in [-0.4, -0.2) is 37.2 Å². The summed E-state index contributed by atoms with van der Waals surface area (Å²) in [6.45, 7) is 5.63. The third-order valence-corrected chi connectivity index (χ3v) is 3.72. The van der Waals surface area contributed by atoms with Crippen LogP contribution in [0.5, 0.6) is 5.75 Å². The zero-order chi connectivity index (χ0) is 17.4. The van der Waals surface area contributed by atoms with Crippen LogP contribution in [0.3, 0.4) is 0 Å².